The number of aliphatic hydroxyl groups excluding tert-OH is 1. The molecule has 1 heterocycles. The first kappa shape index (κ1) is 12.8. The minimum atomic E-state index is -0.828. The van der Waals surface area contributed by atoms with Crippen LogP contribution in [0.3, 0.4) is 0 Å². The molecular weight excluding hydrogens is 248 g/mol. The molecule has 2 rings (SSSR count). The van der Waals surface area contributed by atoms with E-state index in [1.807, 2.05) is 0 Å². The van der Waals surface area contributed by atoms with E-state index in [2.05, 4.69) is 4.74 Å². The molecule has 98 valence electrons. The number of ether oxygens (including phenoxy) is 1. The molecule has 1 aromatic carbocycles. The standard InChI is InChI=1S/C13H12N2O4/c1-19-13(18)10-9(16)7-15(11(10)14)12(17)8-5-3-2-4-6-8/h2-6,14,16H,7H2,1H3. The van der Waals surface area contributed by atoms with E-state index in [0.717, 1.165) is 12.0 Å². The molecule has 0 saturated carbocycles. The summed E-state index contributed by atoms with van der Waals surface area (Å²) in [4.78, 5) is 24.6. The predicted molar refractivity (Wildman–Crippen MR) is 66.9 cm³/mol. The largest absolute Gasteiger partial charge is 0.509 e. The molecule has 6 heteroatoms. The van der Waals surface area contributed by atoms with Crippen LogP contribution in [0.5, 0.6) is 0 Å². The second kappa shape index (κ2) is 4.93. The summed E-state index contributed by atoms with van der Waals surface area (Å²) in [5, 5.41) is 17.5. The molecule has 1 amide bonds. The summed E-state index contributed by atoms with van der Waals surface area (Å²) in [6.45, 7) is -0.197. The third-order valence-electron chi connectivity index (χ3n) is 2.76. The summed E-state index contributed by atoms with van der Waals surface area (Å²) in [5.74, 6) is -1.96. The van der Waals surface area contributed by atoms with Crippen molar-refractivity contribution in [2.45, 2.75) is 0 Å². The highest BCUT2D eigenvalue weighted by molar-refractivity contribution is 6.24. The van der Waals surface area contributed by atoms with Crippen LogP contribution >= 0.6 is 0 Å². The molecule has 0 aliphatic carbocycles. The molecule has 0 unspecified atom stereocenters. The van der Waals surface area contributed by atoms with Gasteiger partial charge >= 0.3 is 5.97 Å². The van der Waals surface area contributed by atoms with Gasteiger partial charge in [-0.2, -0.15) is 0 Å². The van der Waals surface area contributed by atoms with E-state index < -0.39 is 11.9 Å². The number of hydrogen-bond acceptors (Lipinski definition) is 5. The fraction of sp³-hybridized carbons (Fsp3) is 0.154. The third kappa shape index (κ3) is 2.20. The number of amides is 1. The van der Waals surface area contributed by atoms with Crippen molar-refractivity contribution in [2.24, 2.45) is 0 Å². The lowest BCUT2D eigenvalue weighted by Gasteiger charge is -2.16. The average molecular weight is 260 g/mol. The lowest BCUT2D eigenvalue weighted by atomic mass is 10.2. The lowest BCUT2D eigenvalue weighted by molar-refractivity contribution is -0.135. The zero-order valence-corrected chi connectivity index (χ0v) is 10.2. The molecule has 0 bridgehead atoms. The highest BCUT2D eigenvalue weighted by atomic mass is 16.5. The number of carbonyl (C=O) groups is 2. The average Bonchev–Trinajstić information content (AvgIpc) is 2.73. The van der Waals surface area contributed by atoms with Crippen LogP contribution < -0.4 is 0 Å². The highest BCUT2D eigenvalue weighted by Crippen LogP contribution is 2.20. The molecule has 0 radical (unpaired) electrons. The van der Waals surface area contributed by atoms with Gasteiger partial charge in [0.1, 0.15) is 17.2 Å². The fourth-order valence-electron chi connectivity index (χ4n) is 1.81. The van der Waals surface area contributed by atoms with Crippen molar-refractivity contribution in [2.75, 3.05) is 13.7 Å². The van der Waals surface area contributed by atoms with Gasteiger partial charge in [0.05, 0.1) is 13.7 Å². The first-order chi connectivity index (χ1) is 9.06. The summed E-state index contributed by atoms with van der Waals surface area (Å²) < 4.78 is 4.47. The Kier molecular flexibility index (Phi) is 3.33. The minimum Gasteiger partial charge on any atom is -0.509 e. The van der Waals surface area contributed by atoms with Crippen LogP contribution in [0, 0.1) is 5.41 Å². The highest BCUT2D eigenvalue weighted by Gasteiger charge is 2.36. The van der Waals surface area contributed by atoms with Gasteiger partial charge in [-0.3, -0.25) is 15.1 Å². The number of benzene rings is 1. The summed E-state index contributed by atoms with van der Waals surface area (Å²) in [6.07, 6.45) is 0. The number of rotatable bonds is 2. The number of aliphatic hydroxyl groups is 1. The third-order valence-corrected chi connectivity index (χ3v) is 2.76. The van der Waals surface area contributed by atoms with Crippen LogP contribution in [-0.4, -0.2) is 41.4 Å². The molecule has 1 aromatic rings. The normalized spacial score (nSPS) is 14.8. The van der Waals surface area contributed by atoms with Crippen molar-refractivity contribution in [3.05, 3.63) is 47.2 Å². The Morgan fingerprint density at radius 3 is 2.53 bits per heavy atom. The Bertz CT molecular complexity index is 578. The monoisotopic (exact) mass is 260 g/mol. The maximum absolute atomic E-state index is 12.2. The zero-order valence-electron chi connectivity index (χ0n) is 10.2. The van der Waals surface area contributed by atoms with Crippen LogP contribution in [0.1, 0.15) is 10.4 Å². The molecule has 0 atom stereocenters. The summed E-state index contributed by atoms with van der Waals surface area (Å²) in [7, 11) is 1.15. The van der Waals surface area contributed by atoms with Crippen molar-refractivity contribution in [1.29, 1.82) is 5.41 Å². The molecule has 1 aliphatic heterocycles. The molecular formula is C13H12N2O4. The topological polar surface area (TPSA) is 90.7 Å². The number of hydrogen-bond donors (Lipinski definition) is 2. The van der Waals surface area contributed by atoms with Gasteiger partial charge < -0.3 is 9.84 Å². The van der Waals surface area contributed by atoms with Crippen LogP contribution in [0.25, 0.3) is 0 Å². The van der Waals surface area contributed by atoms with Gasteiger partial charge in [0.15, 0.2) is 0 Å². The van der Waals surface area contributed by atoms with Crippen LogP contribution in [0.15, 0.2) is 41.7 Å². The SMILES string of the molecule is COC(=O)C1=C(O)CN(C(=O)c2ccccc2)C1=N. The quantitative estimate of drug-likeness (QED) is 0.779. The van der Waals surface area contributed by atoms with Crippen molar-refractivity contribution in [1.82, 2.24) is 4.90 Å². The molecule has 2 N–H and O–H groups in total. The van der Waals surface area contributed by atoms with Crippen molar-refractivity contribution >= 4 is 17.7 Å². The molecule has 6 nitrogen and oxygen atoms in total. The Morgan fingerprint density at radius 2 is 1.95 bits per heavy atom. The minimum absolute atomic E-state index is 0.197. The molecule has 1 aliphatic rings. The number of carbonyl (C=O) groups excluding carboxylic acids is 2. The number of methoxy groups -OCH3 is 1. The first-order valence-electron chi connectivity index (χ1n) is 5.52. The van der Waals surface area contributed by atoms with Crippen LogP contribution in [0.4, 0.5) is 0 Å². The summed E-state index contributed by atoms with van der Waals surface area (Å²) >= 11 is 0. The molecule has 0 aromatic heterocycles. The van der Waals surface area contributed by atoms with Gasteiger partial charge in [-0.25, -0.2) is 4.79 Å². The number of amidine groups is 1. The Balaban J connectivity index is 2.26. The molecule has 0 saturated heterocycles. The van der Waals surface area contributed by atoms with Crippen molar-refractivity contribution in [3.63, 3.8) is 0 Å². The first-order valence-corrected chi connectivity index (χ1v) is 5.52. The molecule has 0 spiro atoms. The maximum Gasteiger partial charge on any atom is 0.345 e. The predicted octanol–water partition coefficient (Wildman–Crippen LogP) is 1.10. The second-order valence-electron chi connectivity index (χ2n) is 3.92. The van der Waals surface area contributed by atoms with E-state index in [1.54, 1.807) is 30.3 Å². The van der Waals surface area contributed by atoms with Crippen LogP contribution in [0.2, 0.25) is 0 Å². The van der Waals surface area contributed by atoms with Crippen molar-refractivity contribution < 1.29 is 19.4 Å². The molecule has 19 heavy (non-hydrogen) atoms. The van der Waals surface area contributed by atoms with E-state index in [9.17, 15) is 14.7 Å². The number of nitrogens with zero attached hydrogens (tertiary/aromatic N) is 1. The van der Waals surface area contributed by atoms with E-state index in [4.69, 9.17) is 5.41 Å². The van der Waals surface area contributed by atoms with E-state index >= 15 is 0 Å². The van der Waals surface area contributed by atoms with Gasteiger partial charge in [0.2, 0.25) is 0 Å². The molecule has 0 fully saturated rings. The number of nitrogens with one attached hydrogen (secondary N) is 1. The fourth-order valence-corrected chi connectivity index (χ4v) is 1.81. The van der Waals surface area contributed by atoms with Crippen LogP contribution in [-0.2, 0) is 9.53 Å². The van der Waals surface area contributed by atoms with Gasteiger partial charge in [-0.15, -0.1) is 0 Å². The zero-order chi connectivity index (χ0) is 14.0. The van der Waals surface area contributed by atoms with Gasteiger partial charge in [0.25, 0.3) is 5.91 Å². The van der Waals surface area contributed by atoms with E-state index in [-0.39, 0.29) is 23.7 Å². The lowest BCUT2D eigenvalue weighted by Crippen LogP contribution is -2.34. The summed E-state index contributed by atoms with van der Waals surface area (Å²) in [5.41, 5.74) is 0.109. The van der Waals surface area contributed by atoms with E-state index in [1.165, 1.54) is 0 Å². The van der Waals surface area contributed by atoms with Crippen molar-refractivity contribution in [3.8, 4) is 0 Å². The number of esters is 1. The van der Waals surface area contributed by atoms with Gasteiger partial charge in [-0.1, -0.05) is 18.2 Å². The van der Waals surface area contributed by atoms with Gasteiger partial charge in [0, 0.05) is 5.56 Å². The van der Waals surface area contributed by atoms with E-state index in [0.29, 0.717) is 5.56 Å². The Hall–Kier alpha value is -2.63. The van der Waals surface area contributed by atoms with Gasteiger partial charge in [-0.05, 0) is 12.1 Å². The Labute approximate surface area is 109 Å². The Morgan fingerprint density at radius 1 is 1.32 bits per heavy atom. The second-order valence-corrected chi connectivity index (χ2v) is 3.92. The smallest absolute Gasteiger partial charge is 0.345 e. The maximum atomic E-state index is 12.2. The summed E-state index contributed by atoms with van der Waals surface area (Å²) in [6, 6.07) is 8.36.